The van der Waals surface area contributed by atoms with Crippen LogP contribution in [0, 0.1) is 5.92 Å². The predicted molar refractivity (Wildman–Crippen MR) is 73.6 cm³/mol. The molecule has 3 rings (SSSR count). The molecule has 2 nitrogen and oxygen atoms in total. The molecule has 2 fully saturated rings. The highest BCUT2D eigenvalue weighted by Crippen LogP contribution is 2.33. The molecule has 0 radical (unpaired) electrons. The number of hydrogen-bond acceptors (Lipinski definition) is 2. The van der Waals surface area contributed by atoms with Crippen LogP contribution in [0.15, 0.2) is 24.3 Å². The maximum Gasteiger partial charge on any atom is 0.120 e. The van der Waals surface area contributed by atoms with E-state index in [0.717, 1.165) is 18.1 Å². The molecule has 1 aromatic carbocycles. The van der Waals surface area contributed by atoms with Crippen LogP contribution in [0.3, 0.4) is 0 Å². The third-order valence-electron chi connectivity index (χ3n) is 4.18. The zero-order valence-corrected chi connectivity index (χ0v) is 11.0. The van der Waals surface area contributed by atoms with Crippen LogP contribution >= 0.6 is 0 Å². The van der Waals surface area contributed by atoms with Gasteiger partial charge in [0.2, 0.25) is 0 Å². The Bertz CT molecular complexity index is 394. The highest BCUT2D eigenvalue weighted by molar-refractivity contribution is 5.31. The molecule has 98 valence electrons. The minimum atomic E-state index is 0.177. The Morgan fingerprint density at radius 3 is 2.67 bits per heavy atom. The molecule has 0 heterocycles. The Morgan fingerprint density at radius 1 is 1.17 bits per heavy atom. The normalized spacial score (nSPS) is 22.1. The lowest BCUT2D eigenvalue weighted by Gasteiger charge is -2.17. The monoisotopic (exact) mass is 245 g/mol. The van der Waals surface area contributed by atoms with Crippen LogP contribution in [0.4, 0.5) is 0 Å². The van der Waals surface area contributed by atoms with Gasteiger partial charge in [-0.15, -0.1) is 0 Å². The SMILES string of the molecule is NC(CC1CCCC1)c1cccc(OC2CC2)c1. The summed E-state index contributed by atoms with van der Waals surface area (Å²) >= 11 is 0. The molecule has 2 saturated carbocycles. The second kappa shape index (κ2) is 5.31. The van der Waals surface area contributed by atoms with Crippen molar-refractivity contribution in [3.8, 4) is 5.75 Å². The number of benzene rings is 1. The highest BCUT2D eigenvalue weighted by Gasteiger charge is 2.24. The summed E-state index contributed by atoms with van der Waals surface area (Å²) < 4.78 is 5.83. The number of nitrogens with two attached hydrogens (primary N) is 1. The largest absolute Gasteiger partial charge is 0.490 e. The first-order valence-electron chi connectivity index (χ1n) is 7.33. The third kappa shape index (κ3) is 3.05. The van der Waals surface area contributed by atoms with Gasteiger partial charge in [-0.05, 0) is 42.9 Å². The van der Waals surface area contributed by atoms with Crippen molar-refractivity contribution in [2.75, 3.05) is 0 Å². The Hall–Kier alpha value is -1.02. The van der Waals surface area contributed by atoms with E-state index in [1.807, 2.05) is 6.07 Å². The van der Waals surface area contributed by atoms with Crippen molar-refractivity contribution in [1.82, 2.24) is 0 Å². The Balaban J connectivity index is 1.62. The molecule has 18 heavy (non-hydrogen) atoms. The van der Waals surface area contributed by atoms with Gasteiger partial charge in [-0.3, -0.25) is 0 Å². The van der Waals surface area contributed by atoms with E-state index in [1.165, 1.54) is 44.1 Å². The van der Waals surface area contributed by atoms with Gasteiger partial charge in [0.25, 0.3) is 0 Å². The molecule has 1 unspecified atom stereocenters. The summed E-state index contributed by atoms with van der Waals surface area (Å²) in [7, 11) is 0. The molecular formula is C16H23NO. The van der Waals surface area contributed by atoms with Crippen molar-refractivity contribution in [2.45, 2.75) is 57.1 Å². The van der Waals surface area contributed by atoms with Gasteiger partial charge >= 0.3 is 0 Å². The smallest absolute Gasteiger partial charge is 0.120 e. The van der Waals surface area contributed by atoms with Gasteiger partial charge in [0, 0.05) is 6.04 Å². The van der Waals surface area contributed by atoms with Crippen molar-refractivity contribution in [2.24, 2.45) is 11.7 Å². The average Bonchev–Trinajstić information content (AvgIpc) is 3.04. The first kappa shape index (κ1) is 12.0. The molecule has 1 aromatic rings. The molecule has 0 spiro atoms. The van der Waals surface area contributed by atoms with Gasteiger partial charge in [-0.2, -0.15) is 0 Å². The quantitative estimate of drug-likeness (QED) is 0.856. The first-order valence-corrected chi connectivity index (χ1v) is 7.33. The lowest BCUT2D eigenvalue weighted by atomic mass is 9.94. The Labute approximate surface area is 110 Å². The topological polar surface area (TPSA) is 35.2 Å². The molecule has 2 aliphatic rings. The van der Waals surface area contributed by atoms with E-state index in [1.54, 1.807) is 0 Å². The lowest BCUT2D eigenvalue weighted by molar-refractivity contribution is 0.302. The zero-order chi connectivity index (χ0) is 12.4. The van der Waals surface area contributed by atoms with Crippen LogP contribution in [0.25, 0.3) is 0 Å². The van der Waals surface area contributed by atoms with Crippen molar-refractivity contribution in [3.05, 3.63) is 29.8 Å². The van der Waals surface area contributed by atoms with E-state index in [0.29, 0.717) is 6.10 Å². The van der Waals surface area contributed by atoms with E-state index >= 15 is 0 Å². The summed E-state index contributed by atoms with van der Waals surface area (Å²) in [6.07, 6.45) is 9.53. The van der Waals surface area contributed by atoms with Gasteiger partial charge in [-0.25, -0.2) is 0 Å². The van der Waals surface area contributed by atoms with E-state index in [4.69, 9.17) is 10.5 Å². The van der Waals surface area contributed by atoms with Crippen molar-refractivity contribution >= 4 is 0 Å². The fourth-order valence-corrected chi connectivity index (χ4v) is 2.94. The molecule has 2 N–H and O–H groups in total. The van der Waals surface area contributed by atoms with E-state index in [-0.39, 0.29) is 6.04 Å². The van der Waals surface area contributed by atoms with E-state index in [2.05, 4.69) is 18.2 Å². The van der Waals surface area contributed by atoms with Crippen LogP contribution in [0.5, 0.6) is 5.75 Å². The maximum atomic E-state index is 6.33. The second-order valence-corrected chi connectivity index (χ2v) is 5.88. The molecule has 0 aromatic heterocycles. The summed E-state index contributed by atoms with van der Waals surface area (Å²) in [5, 5.41) is 0. The van der Waals surface area contributed by atoms with Crippen LogP contribution in [0.2, 0.25) is 0 Å². The molecule has 2 heteroatoms. The molecule has 0 bridgehead atoms. The molecule has 1 atom stereocenters. The van der Waals surface area contributed by atoms with E-state index < -0.39 is 0 Å². The van der Waals surface area contributed by atoms with Crippen molar-refractivity contribution in [1.29, 1.82) is 0 Å². The summed E-state index contributed by atoms with van der Waals surface area (Å²) in [6, 6.07) is 8.57. The van der Waals surface area contributed by atoms with Gasteiger partial charge in [0.05, 0.1) is 6.10 Å². The summed E-state index contributed by atoms with van der Waals surface area (Å²) in [5.74, 6) is 1.84. The van der Waals surface area contributed by atoms with Gasteiger partial charge < -0.3 is 10.5 Å². The predicted octanol–water partition coefficient (Wildman–Crippen LogP) is 3.81. The first-order chi connectivity index (χ1) is 8.81. The average molecular weight is 245 g/mol. The Kier molecular flexibility index (Phi) is 3.55. The fourth-order valence-electron chi connectivity index (χ4n) is 2.94. The number of hydrogen-bond donors (Lipinski definition) is 1. The minimum Gasteiger partial charge on any atom is -0.490 e. The summed E-state index contributed by atoms with van der Waals surface area (Å²) in [5.41, 5.74) is 7.57. The zero-order valence-electron chi connectivity index (χ0n) is 11.0. The summed E-state index contributed by atoms with van der Waals surface area (Å²) in [6.45, 7) is 0. The lowest BCUT2D eigenvalue weighted by Crippen LogP contribution is -2.14. The maximum absolute atomic E-state index is 6.33. The van der Waals surface area contributed by atoms with Crippen LogP contribution in [-0.4, -0.2) is 6.10 Å². The van der Waals surface area contributed by atoms with Crippen LogP contribution in [-0.2, 0) is 0 Å². The summed E-state index contributed by atoms with van der Waals surface area (Å²) in [4.78, 5) is 0. The molecule has 2 aliphatic carbocycles. The van der Waals surface area contributed by atoms with Gasteiger partial charge in [0.15, 0.2) is 0 Å². The molecule has 0 amide bonds. The molecule has 0 saturated heterocycles. The number of ether oxygens (including phenoxy) is 1. The molecular weight excluding hydrogens is 222 g/mol. The van der Waals surface area contributed by atoms with E-state index in [9.17, 15) is 0 Å². The van der Waals surface area contributed by atoms with Gasteiger partial charge in [-0.1, -0.05) is 37.8 Å². The van der Waals surface area contributed by atoms with Crippen LogP contribution < -0.4 is 10.5 Å². The second-order valence-electron chi connectivity index (χ2n) is 5.88. The highest BCUT2D eigenvalue weighted by atomic mass is 16.5. The fraction of sp³-hybridized carbons (Fsp3) is 0.625. The standard InChI is InChI=1S/C16H23NO/c17-16(10-12-4-1-2-5-12)13-6-3-7-15(11-13)18-14-8-9-14/h3,6-7,11-12,14,16H,1-2,4-5,8-10,17H2. The molecule has 0 aliphatic heterocycles. The minimum absolute atomic E-state index is 0.177. The van der Waals surface area contributed by atoms with Crippen LogP contribution in [0.1, 0.15) is 56.6 Å². The Morgan fingerprint density at radius 2 is 1.94 bits per heavy atom. The number of rotatable bonds is 5. The van der Waals surface area contributed by atoms with Crippen molar-refractivity contribution < 1.29 is 4.74 Å². The van der Waals surface area contributed by atoms with Gasteiger partial charge in [0.1, 0.15) is 5.75 Å². The third-order valence-corrected chi connectivity index (χ3v) is 4.18. The van der Waals surface area contributed by atoms with Crippen molar-refractivity contribution in [3.63, 3.8) is 0 Å².